The van der Waals surface area contributed by atoms with Crippen LogP contribution in [-0.2, 0) is 4.79 Å². The first-order valence-corrected chi connectivity index (χ1v) is 6.46. The highest BCUT2D eigenvalue weighted by Crippen LogP contribution is 2.01. The van der Waals surface area contributed by atoms with Crippen LogP contribution in [0, 0.1) is 5.92 Å². The molecule has 100 valence electrons. The van der Waals surface area contributed by atoms with Gasteiger partial charge in [-0.05, 0) is 32.4 Å². The Bertz CT molecular complexity index is 228. The zero-order valence-corrected chi connectivity index (χ0v) is 10.9. The highest BCUT2D eigenvalue weighted by Gasteiger charge is 2.16. The molecule has 1 saturated heterocycles. The maximum absolute atomic E-state index is 11.8. The molecular formula is C12H25N3O2. The molecule has 0 radical (unpaired) electrons. The summed E-state index contributed by atoms with van der Waals surface area (Å²) in [4.78, 5) is 14.0. The molecule has 5 heteroatoms. The van der Waals surface area contributed by atoms with Gasteiger partial charge in [0.25, 0.3) is 0 Å². The predicted molar refractivity (Wildman–Crippen MR) is 67.8 cm³/mol. The quantitative estimate of drug-likeness (QED) is 0.604. The number of nitrogens with zero attached hydrogens (tertiary/aromatic N) is 1. The Labute approximate surface area is 104 Å². The number of aliphatic hydroxyl groups is 1. The zero-order valence-electron chi connectivity index (χ0n) is 10.9. The van der Waals surface area contributed by atoms with Gasteiger partial charge in [-0.1, -0.05) is 6.92 Å². The molecule has 1 fully saturated rings. The summed E-state index contributed by atoms with van der Waals surface area (Å²) in [6, 6.07) is 0.0256. The van der Waals surface area contributed by atoms with Gasteiger partial charge >= 0.3 is 0 Å². The van der Waals surface area contributed by atoms with E-state index in [-0.39, 0.29) is 24.5 Å². The van der Waals surface area contributed by atoms with Gasteiger partial charge in [-0.2, -0.15) is 0 Å². The van der Waals surface area contributed by atoms with E-state index in [2.05, 4.69) is 15.5 Å². The average molecular weight is 243 g/mol. The van der Waals surface area contributed by atoms with Crippen LogP contribution < -0.4 is 10.6 Å². The summed E-state index contributed by atoms with van der Waals surface area (Å²) >= 11 is 0. The minimum Gasteiger partial charge on any atom is -0.396 e. The fraction of sp³-hybridized carbons (Fsp3) is 0.917. The third kappa shape index (κ3) is 5.48. The number of amides is 1. The average Bonchev–Trinajstić information content (AvgIpc) is 2.56. The van der Waals surface area contributed by atoms with E-state index in [1.165, 1.54) is 0 Å². The van der Waals surface area contributed by atoms with Crippen molar-refractivity contribution in [3.05, 3.63) is 0 Å². The zero-order chi connectivity index (χ0) is 12.7. The molecular weight excluding hydrogens is 218 g/mol. The predicted octanol–water partition coefficient (Wildman–Crippen LogP) is -0.585. The molecule has 1 aliphatic rings. The summed E-state index contributed by atoms with van der Waals surface area (Å²) < 4.78 is 0. The Morgan fingerprint density at radius 1 is 1.41 bits per heavy atom. The van der Waals surface area contributed by atoms with Crippen LogP contribution >= 0.6 is 0 Å². The number of nitrogens with one attached hydrogen (secondary N) is 2. The van der Waals surface area contributed by atoms with Gasteiger partial charge in [-0.25, -0.2) is 0 Å². The Morgan fingerprint density at radius 3 is 2.88 bits per heavy atom. The molecule has 0 bridgehead atoms. The van der Waals surface area contributed by atoms with Gasteiger partial charge in [0.2, 0.25) is 5.91 Å². The van der Waals surface area contributed by atoms with Crippen molar-refractivity contribution >= 4 is 5.91 Å². The molecule has 0 spiro atoms. The molecule has 1 amide bonds. The summed E-state index contributed by atoms with van der Waals surface area (Å²) in [5.74, 6) is 0.157. The molecule has 0 aromatic carbocycles. The SMILES string of the molecule is CC(CO)C(C)NC(=O)CN1CCCNCC1. The molecule has 0 saturated carbocycles. The lowest BCUT2D eigenvalue weighted by atomic mass is 10.1. The topological polar surface area (TPSA) is 64.6 Å². The van der Waals surface area contributed by atoms with Crippen molar-refractivity contribution in [2.75, 3.05) is 39.3 Å². The maximum atomic E-state index is 11.8. The van der Waals surface area contributed by atoms with Crippen molar-refractivity contribution in [3.8, 4) is 0 Å². The van der Waals surface area contributed by atoms with Crippen molar-refractivity contribution in [1.29, 1.82) is 0 Å². The number of hydrogen-bond donors (Lipinski definition) is 3. The van der Waals surface area contributed by atoms with Gasteiger partial charge in [0.15, 0.2) is 0 Å². The summed E-state index contributed by atoms with van der Waals surface area (Å²) in [6.45, 7) is 8.33. The van der Waals surface area contributed by atoms with Crippen molar-refractivity contribution < 1.29 is 9.90 Å². The highest BCUT2D eigenvalue weighted by atomic mass is 16.3. The first-order valence-electron chi connectivity index (χ1n) is 6.46. The molecule has 2 atom stereocenters. The number of hydrogen-bond acceptors (Lipinski definition) is 4. The van der Waals surface area contributed by atoms with Gasteiger partial charge in [0.05, 0.1) is 6.54 Å². The number of aliphatic hydroxyl groups excluding tert-OH is 1. The highest BCUT2D eigenvalue weighted by molar-refractivity contribution is 5.78. The van der Waals surface area contributed by atoms with Gasteiger partial charge in [-0.3, -0.25) is 9.69 Å². The van der Waals surface area contributed by atoms with Crippen LogP contribution in [0.3, 0.4) is 0 Å². The molecule has 0 aromatic heterocycles. The van der Waals surface area contributed by atoms with E-state index in [0.717, 1.165) is 32.6 Å². The van der Waals surface area contributed by atoms with E-state index in [9.17, 15) is 4.79 Å². The summed E-state index contributed by atoms with van der Waals surface area (Å²) in [5.41, 5.74) is 0. The molecule has 1 aliphatic heterocycles. The Hall–Kier alpha value is -0.650. The third-order valence-electron chi connectivity index (χ3n) is 3.33. The smallest absolute Gasteiger partial charge is 0.234 e. The lowest BCUT2D eigenvalue weighted by Crippen LogP contribution is -2.44. The van der Waals surface area contributed by atoms with Crippen LogP contribution in [0.4, 0.5) is 0 Å². The van der Waals surface area contributed by atoms with Crippen LogP contribution in [-0.4, -0.2) is 61.3 Å². The minimum atomic E-state index is 0.0256. The standard InChI is InChI=1S/C12H25N3O2/c1-10(9-16)11(2)14-12(17)8-15-6-3-4-13-5-7-15/h10-11,13,16H,3-9H2,1-2H3,(H,14,17). The summed E-state index contributed by atoms with van der Waals surface area (Å²) in [7, 11) is 0. The van der Waals surface area contributed by atoms with E-state index < -0.39 is 0 Å². The van der Waals surface area contributed by atoms with Crippen molar-refractivity contribution in [2.24, 2.45) is 5.92 Å². The second-order valence-corrected chi connectivity index (χ2v) is 4.90. The number of carbonyl (C=O) groups excluding carboxylic acids is 1. The molecule has 5 nitrogen and oxygen atoms in total. The monoisotopic (exact) mass is 243 g/mol. The maximum Gasteiger partial charge on any atom is 0.234 e. The minimum absolute atomic E-state index is 0.0256. The molecule has 3 N–H and O–H groups in total. The summed E-state index contributed by atoms with van der Waals surface area (Å²) in [5, 5.41) is 15.3. The molecule has 2 unspecified atom stereocenters. The molecule has 17 heavy (non-hydrogen) atoms. The van der Waals surface area contributed by atoms with Gasteiger partial charge in [0.1, 0.15) is 0 Å². The second-order valence-electron chi connectivity index (χ2n) is 4.90. The largest absolute Gasteiger partial charge is 0.396 e. The van der Waals surface area contributed by atoms with E-state index >= 15 is 0 Å². The van der Waals surface area contributed by atoms with Crippen LogP contribution in [0.25, 0.3) is 0 Å². The van der Waals surface area contributed by atoms with Gasteiger partial charge in [-0.15, -0.1) is 0 Å². The van der Waals surface area contributed by atoms with E-state index in [1.807, 2.05) is 13.8 Å². The van der Waals surface area contributed by atoms with E-state index in [0.29, 0.717) is 6.54 Å². The lowest BCUT2D eigenvalue weighted by Gasteiger charge is -2.23. The van der Waals surface area contributed by atoms with Gasteiger partial charge in [0, 0.05) is 25.7 Å². The van der Waals surface area contributed by atoms with Gasteiger partial charge < -0.3 is 15.7 Å². The fourth-order valence-electron chi connectivity index (χ4n) is 1.86. The third-order valence-corrected chi connectivity index (χ3v) is 3.33. The molecule has 0 aromatic rings. The van der Waals surface area contributed by atoms with E-state index in [4.69, 9.17) is 5.11 Å². The second kappa shape index (κ2) is 7.63. The first-order chi connectivity index (χ1) is 8.13. The molecule has 0 aliphatic carbocycles. The Balaban J connectivity index is 2.27. The van der Waals surface area contributed by atoms with Crippen LogP contribution in [0.5, 0.6) is 0 Å². The number of carbonyl (C=O) groups is 1. The van der Waals surface area contributed by atoms with Crippen molar-refractivity contribution in [1.82, 2.24) is 15.5 Å². The normalized spacial score (nSPS) is 21.6. The Morgan fingerprint density at radius 2 is 2.18 bits per heavy atom. The lowest BCUT2D eigenvalue weighted by molar-refractivity contribution is -0.123. The molecule has 1 rings (SSSR count). The van der Waals surface area contributed by atoms with Crippen LogP contribution in [0.2, 0.25) is 0 Å². The van der Waals surface area contributed by atoms with Crippen molar-refractivity contribution in [3.63, 3.8) is 0 Å². The van der Waals surface area contributed by atoms with E-state index in [1.54, 1.807) is 0 Å². The summed E-state index contributed by atoms with van der Waals surface area (Å²) in [6.07, 6.45) is 1.09. The van der Waals surface area contributed by atoms with Crippen LogP contribution in [0.1, 0.15) is 20.3 Å². The van der Waals surface area contributed by atoms with Crippen molar-refractivity contribution in [2.45, 2.75) is 26.3 Å². The Kier molecular flexibility index (Phi) is 6.47. The number of rotatable bonds is 5. The van der Waals surface area contributed by atoms with Crippen LogP contribution in [0.15, 0.2) is 0 Å². The first kappa shape index (κ1) is 14.4. The fourth-order valence-corrected chi connectivity index (χ4v) is 1.86. The molecule has 1 heterocycles.